The van der Waals surface area contributed by atoms with Crippen LogP contribution in [-0.2, 0) is 20.0 Å². The van der Waals surface area contributed by atoms with Crippen LogP contribution in [0, 0.1) is 19.7 Å². The lowest BCUT2D eigenvalue weighted by Crippen LogP contribution is -2.16. The number of anilines is 2. The number of nitrogens with one attached hydrogen (secondary N) is 2. The second-order valence-corrected chi connectivity index (χ2v) is 9.47. The lowest BCUT2D eigenvalue weighted by atomic mass is 10.3. The van der Waals surface area contributed by atoms with Gasteiger partial charge in [-0.25, -0.2) is 35.9 Å². The topological polar surface area (TPSA) is 118 Å². The van der Waals surface area contributed by atoms with E-state index in [1.54, 1.807) is 19.9 Å². The van der Waals surface area contributed by atoms with Crippen molar-refractivity contribution in [1.82, 2.24) is 9.97 Å². The molecule has 1 aromatic heterocycles. The Hall–Kier alpha value is -3.05. The van der Waals surface area contributed by atoms with Crippen LogP contribution < -0.4 is 9.44 Å². The van der Waals surface area contributed by atoms with Crippen molar-refractivity contribution >= 4 is 31.7 Å². The van der Waals surface area contributed by atoms with Crippen molar-refractivity contribution in [2.75, 3.05) is 9.44 Å². The number of halogens is 1. The lowest BCUT2D eigenvalue weighted by Gasteiger charge is -2.11. The van der Waals surface area contributed by atoms with Gasteiger partial charge in [-0.15, -0.1) is 0 Å². The van der Waals surface area contributed by atoms with Gasteiger partial charge in [0.1, 0.15) is 10.7 Å². The summed E-state index contributed by atoms with van der Waals surface area (Å²) in [5, 5.41) is 0. The third kappa shape index (κ3) is 4.87. The minimum atomic E-state index is -4.16. The third-order valence-corrected chi connectivity index (χ3v) is 6.51. The van der Waals surface area contributed by atoms with Gasteiger partial charge in [0.05, 0.1) is 4.90 Å². The predicted octanol–water partition coefficient (Wildman–Crippen LogP) is 2.83. The van der Waals surface area contributed by atoms with Crippen molar-refractivity contribution < 1.29 is 21.2 Å². The summed E-state index contributed by atoms with van der Waals surface area (Å²) in [6.45, 7) is 3.42. The Morgan fingerprint density at radius 3 is 1.97 bits per heavy atom. The van der Waals surface area contributed by atoms with Crippen LogP contribution in [0.2, 0.25) is 0 Å². The number of nitrogens with zero attached hydrogens (tertiary/aromatic N) is 2. The Labute approximate surface area is 168 Å². The number of aryl methyl sites for hydroxylation is 2. The third-order valence-electron chi connectivity index (χ3n) is 3.75. The number of hydrogen-bond donors (Lipinski definition) is 2. The van der Waals surface area contributed by atoms with Gasteiger partial charge in [0.25, 0.3) is 20.0 Å². The molecule has 0 spiro atoms. The van der Waals surface area contributed by atoms with E-state index in [2.05, 4.69) is 19.4 Å². The molecule has 1 heterocycles. The van der Waals surface area contributed by atoms with E-state index in [0.29, 0.717) is 11.4 Å². The molecule has 3 rings (SSSR count). The van der Waals surface area contributed by atoms with Gasteiger partial charge in [-0.05, 0) is 56.3 Å². The molecule has 0 amide bonds. The first-order valence-electron chi connectivity index (χ1n) is 8.29. The van der Waals surface area contributed by atoms with Crippen LogP contribution in [-0.4, -0.2) is 26.8 Å². The SMILES string of the molecule is Cc1cc(C)nc(NS(=O)(=O)c2ccc(NS(=O)(=O)c3ccccc3F)cc2)n1. The highest BCUT2D eigenvalue weighted by atomic mass is 32.2. The van der Waals surface area contributed by atoms with Crippen LogP contribution in [0.25, 0.3) is 0 Å². The highest BCUT2D eigenvalue weighted by molar-refractivity contribution is 7.93. The monoisotopic (exact) mass is 436 g/mol. The summed E-state index contributed by atoms with van der Waals surface area (Å²) in [5.74, 6) is -0.955. The number of benzene rings is 2. The van der Waals surface area contributed by atoms with E-state index in [9.17, 15) is 21.2 Å². The molecular weight excluding hydrogens is 419 g/mol. The van der Waals surface area contributed by atoms with Gasteiger partial charge in [0.2, 0.25) is 5.95 Å². The summed E-state index contributed by atoms with van der Waals surface area (Å²) >= 11 is 0. The molecule has 2 aromatic carbocycles. The summed E-state index contributed by atoms with van der Waals surface area (Å²) in [4.78, 5) is 7.42. The fourth-order valence-corrected chi connectivity index (χ4v) is 4.61. The van der Waals surface area contributed by atoms with Crippen molar-refractivity contribution in [1.29, 1.82) is 0 Å². The van der Waals surface area contributed by atoms with E-state index in [1.165, 1.54) is 36.4 Å². The smallest absolute Gasteiger partial charge is 0.264 e. The maximum Gasteiger partial charge on any atom is 0.264 e. The van der Waals surface area contributed by atoms with Crippen LogP contribution in [0.5, 0.6) is 0 Å². The second kappa shape index (κ2) is 7.76. The normalized spacial score (nSPS) is 11.8. The number of aromatic nitrogens is 2. The van der Waals surface area contributed by atoms with Crippen molar-refractivity contribution in [2.45, 2.75) is 23.6 Å². The molecular formula is C18H17FN4O4S2. The summed E-state index contributed by atoms with van der Waals surface area (Å²) in [7, 11) is -8.14. The van der Waals surface area contributed by atoms with Gasteiger partial charge in [-0.1, -0.05) is 12.1 Å². The average Bonchev–Trinajstić information content (AvgIpc) is 2.60. The molecule has 2 N–H and O–H groups in total. The van der Waals surface area contributed by atoms with E-state index in [0.717, 1.165) is 12.1 Å². The highest BCUT2D eigenvalue weighted by Gasteiger charge is 2.20. The quantitative estimate of drug-likeness (QED) is 0.613. The van der Waals surface area contributed by atoms with Gasteiger partial charge < -0.3 is 0 Å². The lowest BCUT2D eigenvalue weighted by molar-refractivity contribution is 0.570. The molecule has 0 aliphatic rings. The van der Waals surface area contributed by atoms with Crippen LogP contribution >= 0.6 is 0 Å². The Bertz CT molecular complexity index is 1240. The highest BCUT2D eigenvalue weighted by Crippen LogP contribution is 2.21. The Balaban J connectivity index is 1.81. The second-order valence-electron chi connectivity index (χ2n) is 6.14. The van der Waals surface area contributed by atoms with Gasteiger partial charge in [0.15, 0.2) is 0 Å². The zero-order chi connectivity index (χ0) is 21.2. The first kappa shape index (κ1) is 20.7. The van der Waals surface area contributed by atoms with Crippen LogP contribution in [0.15, 0.2) is 64.4 Å². The van der Waals surface area contributed by atoms with Crippen molar-refractivity contribution in [3.8, 4) is 0 Å². The summed E-state index contributed by atoms with van der Waals surface area (Å²) < 4.78 is 67.9. The standard InChI is InChI=1S/C18H17FN4O4S2/c1-12-11-13(2)21-18(20-12)23-28(24,25)15-9-7-14(8-10-15)22-29(26,27)17-6-4-3-5-16(17)19/h3-11,22H,1-2H3,(H,20,21,23). The summed E-state index contributed by atoms with van der Waals surface area (Å²) in [6.07, 6.45) is 0. The fourth-order valence-electron chi connectivity index (χ4n) is 2.53. The van der Waals surface area contributed by atoms with E-state index < -0.39 is 30.8 Å². The van der Waals surface area contributed by atoms with Crippen LogP contribution in [0.3, 0.4) is 0 Å². The maximum absolute atomic E-state index is 13.8. The minimum Gasteiger partial charge on any atom is -0.280 e. The molecule has 0 radical (unpaired) electrons. The molecule has 0 unspecified atom stereocenters. The largest absolute Gasteiger partial charge is 0.280 e. The first-order chi connectivity index (χ1) is 13.6. The zero-order valence-corrected chi connectivity index (χ0v) is 17.1. The number of rotatable bonds is 6. The summed E-state index contributed by atoms with van der Waals surface area (Å²) in [6, 6.07) is 11.6. The van der Waals surface area contributed by atoms with Gasteiger partial charge in [-0.2, -0.15) is 0 Å². The van der Waals surface area contributed by atoms with E-state index >= 15 is 0 Å². The predicted molar refractivity (Wildman–Crippen MR) is 106 cm³/mol. The van der Waals surface area contributed by atoms with Crippen LogP contribution in [0.4, 0.5) is 16.0 Å². The molecule has 0 saturated heterocycles. The molecule has 29 heavy (non-hydrogen) atoms. The van der Waals surface area contributed by atoms with E-state index in [1.807, 2.05) is 0 Å². The molecule has 8 nitrogen and oxygen atoms in total. The zero-order valence-electron chi connectivity index (χ0n) is 15.4. The molecule has 11 heteroatoms. The maximum atomic E-state index is 13.8. The Morgan fingerprint density at radius 1 is 0.793 bits per heavy atom. The van der Waals surface area contributed by atoms with Gasteiger partial charge >= 0.3 is 0 Å². The number of hydrogen-bond acceptors (Lipinski definition) is 6. The molecule has 0 saturated carbocycles. The minimum absolute atomic E-state index is 0.0631. The molecule has 152 valence electrons. The van der Waals surface area contributed by atoms with E-state index in [4.69, 9.17) is 0 Å². The molecule has 0 aliphatic heterocycles. The molecule has 0 aliphatic carbocycles. The molecule has 0 atom stereocenters. The van der Waals surface area contributed by atoms with Gasteiger partial charge in [-0.3, -0.25) is 4.72 Å². The first-order valence-corrected chi connectivity index (χ1v) is 11.3. The fraction of sp³-hybridized carbons (Fsp3) is 0.111. The number of sulfonamides is 2. The molecule has 0 fully saturated rings. The van der Waals surface area contributed by atoms with Crippen LogP contribution in [0.1, 0.15) is 11.4 Å². The summed E-state index contributed by atoms with van der Waals surface area (Å²) in [5.41, 5.74) is 1.29. The van der Waals surface area contributed by atoms with E-state index in [-0.39, 0.29) is 16.5 Å². The molecule has 0 bridgehead atoms. The molecule has 3 aromatic rings. The van der Waals surface area contributed by atoms with Gasteiger partial charge in [0, 0.05) is 17.1 Å². The van der Waals surface area contributed by atoms with Crippen molar-refractivity contribution in [2.24, 2.45) is 0 Å². The Morgan fingerprint density at radius 2 is 1.38 bits per heavy atom. The average molecular weight is 436 g/mol. The van der Waals surface area contributed by atoms with Crippen molar-refractivity contribution in [3.63, 3.8) is 0 Å². The van der Waals surface area contributed by atoms with Crippen molar-refractivity contribution in [3.05, 3.63) is 71.8 Å². The Kier molecular flexibility index (Phi) is 5.53.